The van der Waals surface area contributed by atoms with Crippen LogP contribution in [0.15, 0.2) is 200 Å². The zero-order chi connectivity index (χ0) is 35.1. The van der Waals surface area contributed by atoms with E-state index in [1.54, 1.807) is 0 Å². The van der Waals surface area contributed by atoms with Gasteiger partial charge < -0.3 is 5.73 Å². The van der Waals surface area contributed by atoms with Gasteiger partial charge in [-0.1, -0.05) is 182 Å². The van der Waals surface area contributed by atoms with E-state index in [1.807, 2.05) is 41.7 Å². The van der Waals surface area contributed by atoms with Crippen molar-refractivity contribution in [2.75, 3.05) is 0 Å². The lowest BCUT2D eigenvalue weighted by atomic mass is 9.91. The van der Waals surface area contributed by atoms with Crippen LogP contribution in [-0.4, -0.2) is 0 Å². The lowest BCUT2D eigenvalue weighted by molar-refractivity contribution is 1.07. The van der Waals surface area contributed by atoms with Crippen molar-refractivity contribution >= 4 is 31.5 Å². The molecular weight excluding hydrogens is 647 g/mol. The van der Waals surface area contributed by atoms with Gasteiger partial charge in [0.1, 0.15) is 0 Å². The van der Waals surface area contributed by atoms with Crippen LogP contribution in [0.3, 0.4) is 0 Å². The zero-order valence-electron chi connectivity index (χ0n) is 29.0. The zero-order valence-corrected chi connectivity index (χ0v) is 29.8. The predicted molar refractivity (Wildman–Crippen MR) is 225 cm³/mol. The number of fused-ring (bicyclic) bond motifs is 3. The largest absolute Gasteiger partial charge is 0.326 e. The van der Waals surface area contributed by atoms with Gasteiger partial charge in [0.05, 0.1) is 0 Å². The molecular formula is C50H39NS. The second kappa shape index (κ2) is 15.4. The number of benzene rings is 8. The Kier molecular flexibility index (Phi) is 9.84. The van der Waals surface area contributed by atoms with Crippen molar-refractivity contribution in [3.8, 4) is 44.5 Å². The minimum Gasteiger partial charge on any atom is -0.326 e. The minimum absolute atomic E-state index is 0.640. The van der Waals surface area contributed by atoms with E-state index in [4.69, 9.17) is 5.73 Å². The molecule has 0 fully saturated rings. The average molecular weight is 686 g/mol. The smallest absolute Gasteiger partial charge is 0.0358 e. The molecule has 1 heterocycles. The van der Waals surface area contributed by atoms with Crippen LogP contribution in [-0.2, 0) is 13.0 Å². The summed E-state index contributed by atoms with van der Waals surface area (Å²) in [7, 11) is 0. The predicted octanol–water partition coefficient (Wildman–Crippen LogP) is 13.5. The minimum atomic E-state index is 0.640. The molecule has 1 aromatic heterocycles. The number of rotatable bonds is 7. The molecule has 0 radical (unpaired) electrons. The Morgan fingerprint density at radius 3 is 1.37 bits per heavy atom. The Balaban J connectivity index is 0.000000430. The van der Waals surface area contributed by atoms with Crippen molar-refractivity contribution in [1.29, 1.82) is 0 Å². The van der Waals surface area contributed by atoms with Crippen LogP contribution in [0.4, 0.5) is 0 Å². The van der Waals surface area contributed by atoms with Gasteiger partial charge in [0.2, 0.25) is 0 Å². The van der Waals surface area contributed by atoms with Crippen LogP contribution in [0, 0.1) is 0 Å². The maximum absolute atomic E-state index is 5.35. The van der Waals surface area contributed by atoms with E-state index >= 15 is 0 Å². The van der Waals surface area contributed by atoms with Crippen LogP contribution in [0.2, 0.25) is 0 Å². The molecule has 0 bridgehead atoms. The molecule has 1 nitrogen and oxygen atoms in total. The summed E-state index contributed by atoms with van der Waals surface area (Å²) < 4.78 is 2.69. The van der Waals surface area contributed by atoms with E-state index in [0.717, 1.165) is 6.42 Å². The lowest BCUT2D eigenvalue weighted by Gasteiger charge is -2.13. The molecule has 8 aromatic carbocycles. The highest BCUT2D eigenvalue weighted by molar-refractivity contribution is 7.25. The van der Waals surface area contributed by atoms with Crippen LogP contribution in [0.5, 0.6) is 0 Å². The van der Waals surface area contributed by atoms with Gasteiger partial charge in [-0.15, -0.1) is 11.3 Å². The summed E-state index contributed by atoms with van der Waals surface area (Å²) in [5.74, 6) is 0. The van der Waals surface area contributed by atoms with Crippen molar-refractivity contribution in [1.82, 2.24) is 0 Å². The van der Waals surface area contributed by atoms with Crippen LogP contribution >= 0.6 is 11.3 Å². The first-order chi connectivity index (χ1) is 25.7. The molecule has 0 spiro atoms. The topological polar surface area (TPSA) is 26.0 Å². The Morgan fingerprint density at radius 2 is 0.827 bits per heavy atom. The van der Waals surface area contributed by atoms with Gasteiger partial charge in [0, 0.05) is 26.7 Å². The number of thiophene rings is 1. The lowest BCUT2D eigenvalue weighted by Crippen LogP contribution is -1.94. The van der Waals surface area contributed by atoms with Crippen molar-refractivity contribution < 1.29 is 0 Å². The van der Waals surface area contributed by atoms with Gasteiger partial charge >= 0.3 is 0 Å². The van der Waals surface area contributed by atoms with E-state index in [1.165, 1.54) is 81.4 Å². The van der Waals surface area contributed by atoms with E-state index in [0.29, 0.717) is 6.54 Å². The first-order valence-electron chi connectivity index (χ1n) is 17.8. The van der Waals surface area contributed by atoms with Crippen molar-refractivity contribution in [2.45, 2.75) is 13.0 Å². The molecule has 9 rings (SSSR count). The average Bonchev–Trinajstić information content (AvgIpc) is 3.61. The molecule has 2 heteroatoms. The van der Waals surface area contributed by atoms with Gasteiger partial charge in [0.25, 0.3) is 0 Å². The quantitative estimate of drug-likeness (QED) is 0.178. The fourth-order valence-electron chi connectivity index (χ4n) is 7.07. The summed E-state index contributed by atoms with van der Waals surface area (Å²) in [6.45, 7) is 0.640. The fourth-order valence-corrected chi connectivity index (χ4v) is 8.20. The maximum atomic E-state index is 5.35. The van der Waals surface area contributed by atoms with Crippen molar-refractivity contribution in [3.63, 3.8) is 0 Å². The monoisotopic (exact) mass is 685 g/mol. The molecule has 0 aliphatic rings. The molecule has 0 aliphatic carbocycles. The first-order valence-corrected chi connectivity index (χ1v) is 18.6. The Bertz CT molecular complexity index is 2550. The highest BCUT2D eigenvalue weighted by atomic mass is 32.1. The summed E-state index contributed by atoms with van der Waals surface area (Å²) in [5, 5.41) is 2.73. The standard InChI is InChI=1S/C43H30S.C7H9N/c1-3-12-30(13-4-1)28-35-16-11-21-42-43(35)40-29-34(26-27-41(40)44-42)39-20-10-9-19-38(39)33-24-22-32(23-25-33)37-18-8-7-17-36(37)31-14-5-2-6-15-31;8-6-7-4-2-1-3-5-7/h1-27,29H,28H2;1-5H,6,8H2. The Hall–Kier alpha value is -6.06. The van der Waals surface area contributed by atoms with Gasteiger partial charge in [0.15, 0.2) is 0 Å². The Morgan fingerprint density at radius 1 is 0.365 bits per heavy atom. The summed E-state index contributed by atoms with van der Waals surface area (Å²) in [5.41, 5.74) is 19.2. The molecule has 0 saturated heterocycles. The summed E-state index contributed by atoms with van der Waals surface area (Å²) >= 11 is 1.89. The molecule has 0 unspecified atom stereocenters. The van der Waals surface area contributed by atoms with E-state index in [2.05, 4.69) is 170 Å². The highest BCUT2D eigenvalue weighted by Crippen LogP contribution is 2.41. The number of nitrogens with two attached hydrogens (primary N) is 1. The molecule has 2 N–H and O–H groups in total. The van der Waals surface area contributed by atoms with Gasteiger partial charge in [-0.05, 0) is 85.8 Å². The number of hydrogen-bond acceptors (Lipinski definition) is 2. The van der Waals surface area contributed by atoms with Crippen molar-refractivity contribution in [3.05, 3.63) is 217 Å². The first kappa shape index (κ1) is 33.1. The maximum Gasteiger partial charge on any atom is 0.0358 e. The fraction of sp³-hybridized carbons (Fsp3) is 0.0400. The van der Waals surface area contributed by atoms with Crippen LogP contribution < -0.4 is 5.73 Å². The molecule has 0 amide bonds. The third-order valence-electron chi connectivity index (χ3n) is 9.65. The third kappa shape index (κ3) is 7.08. The highest BCUT2D eigenvalue weighted by Gasteiger charge is 2.14. The van der Waals surface area contributed by atoms with E-state index in [-0.39, 0.29) is 0 Å². The van der Waals surface area contributed by atoms with Gasteiger partial charge in [-0.2, -0.15) is 0 Å². The Labute approximate surface area is 310 Å². The van der Waals surface area contributed by atoms with Crippen LogP contribution in [0.1, 0.15) is 16.7 Å². The molecule has 250 valence electrons. The normalized spacial score (nSPS) is 10.9. The van der Waals surface area contributed by atoms with E-state index < -0.39 is 0 Å². The van der Waals surface area contributed by atoms with Gasteiger partial charge in [-0.3, -0.25) is 0 Å². The van der Waals surface area contributed by atoms with Crippen molar-refractivity contribution in [2.24, 2.45) is 5.73 Å². The SMILES string of the molecule is NCc1ccccc1.c1ccc(Cc2cccc3sc4ccc(-c5ccccc5-c5ccc(-c6ccccc6-c6ccccc6)cc5)cc4c23)cc1. The number of hydrogen-bond donors (Lipinski definition) is 1. The van der Waals surface area contributed by atoms with Gasteiger partial charge in [-0.25, -0.2) is 0 Å². The second-order valence-electron chi connectivity index (χ2n) is 13.0. The summed E-state index contributed by atoms with van der Waals surface area (Å²) in [4.78, 5) is 0. The van der Waals surface area contributed by atoms with E-state index in [9.17, 15) is 0 Å². The second-order valence-corrected chi connectivity index (χ2v) is 14.1. The third-order valence-corrected chi connectivity index (χ3v) is 10.8. The molecule has 0 atom stereocenters. The van der Waals surface area contributed by atoms with Crippen LogP contribution in [0.25, 0.3) is 64.7 Å². The molecule has 52 heavy (non-hydrogen) atoms. The summed E-state index contributed by atoms with van der Waals surface area (Å²) in [6, 6.07) is 71.7. The summed E-state index contributed by atoms with van der Waals surface area (Å²) in [6.07, 6.45) is 0.935. The molecule has 9 aromatic rings. The molecule has 0 aliphatic heterocycles. The molecule has 0 saturated carbocycles.